The Morgan fingerprint density at radius 2 is 1.68 bits per heavy atom. The first-order chi connectivity index (χ1) is 14.8. The minimum Gasteiger partial charge on any atom is -0.490 e. The van der Waals surface area contributed by atoms with Gasteiger partial charge < -0.3 is 25.4 Å². The molecule has 0 heterocycles. The van der Waals surface area contributed by atoms with Crippen molar-refractivity contribution in [2.75, 3.05) is 7.05 Å². The van der Waals surface area contributed by atoms with Crippen LogP contribution < -0.4 is 20.7 Å². The number of hydrogen-bond donors (Lipinski definition) is 3. The van der Waals surface area contributed by atoms with Crippen LogP contribution in [-0.2, 0) is 11.3 Å². The van der Waals surface area contributed by atoms with E-state index in [9.17, 15) is 4.79 Å². The van der Waals surface area contributed by atoms with E-state index >= 15 is 0 Å². The number of rotatable bonds is 6. The normalized spacial score (nSPS) is 22.3. The first-order valence-corrected chi connectivity index (χ1v) is 11.5. The Balaban J connectivity index is 1.42. The number of amides is 1. The Morgan fingerprint density at radius 1 is 1.03 bits per heavy atom. The highest BCUT2D eigenvalue weighted by molar-refractivity contribution is 5.80. The summed E-state index contributed by atoms with van der Waals surface area (Å²) >= 11 is 0. The maximum Gasteiger partial charge on any atom is 0.407 e. The highest BCUT2D eigenvalue weighted by atomic mass is 16.6. The fourth-order valence-electron chi connectivity index (χ4n) is 3.86. The molecule has 2 aliphatic carbocycles. The number of alkyl carbamates (subject to hydrolysis) is 1. The quantitative estimate of drug-likeness (QED) is 0.467. The van der Waals surface area contributed by atoms with Gasteiger partial charge in [-0.3, -0.25) is 4.99 Å². The molecule has 1 aromatic carbocycles. The zero-order valence-corrected chi connectivity index (χ0v) is 19.4. The summed E-state index contributed by atoms with van der Waals surface area (Å²) < 4.78 is 11.5. The third-order valence-electron chi connectivity index (χ3n) is 5.78. The molecule has 172 valence electrons. The molecular weight excluding hydrogens is 392 g/mol. The summed E-state index contributed by atoms with van der Waals surface area (Å²) in [5.74, 6) is 1.76. The Bertz CT molecular complexity index is 747. The zero-order valence-electron chi connectivity index (χ0n) is 19.4. The zero-order chi connectivity index (χ0) is 22.3. The smallest absolute Gasteiger partial charge is 0.407 e. The molecule has 0 bridgehead atoms. The molecule has 7 nitrogen and oxygen atoms in total. The summed E-state index contributed by atoms with van der Waals surface area (Å²) in [6, 6.07) is 8.71. The maximum atomic E-state index is 12.0. The molecule has 1 aromatic rings. The molecule has 2 aliphatic rings. The number of benzene rings is 1. The van der Waals surface area contributed by atoms with Gasteiger partial charge in [0.15, 0.2) is 5.96 Å². The largest absolute Gasteiger partial charge is 0.490 e. The predicted octanol–water partition coefficient (Wildman–Crippen LogP) is 4.12. The van der Waals surface area contributed by atoms with Gasteiger partial charge in [0.05, 0.1) is 6.10 Å². The predicted molar refractivity (Wildman–Crippen MR) is 123 cm³/mol. The fraction of sp³-hybridized carbons (Fsp3) is 0.667. The van der Waals surface area contributed by atoms with Crippen molar-refractivity contribution in [3.05, 3.63) is 29.8 Å². The maximum absolute atomic E-state index is 12.0. The van der Waals surface area contributed by atoms with Gasteiger partial charge in [0, 0.05) is 31.2 Å². The molecule has 0 unspecified atom stereocenters. The van der Waals surface area contributed by atoms with Crippen LogP contribution in [0.15, 0.2) is 29.3 Å². The first-order valence-electron chi connectivity index (χ1n) is 11.5. The van der Waals surface area contributed by atoms with Crippen LogP contribution in [0.1, 0.15) is 71.3 Å². The van der Waals surface area contributed by atoms with Crippen LogP contribution in [0.4, 0.5) is 4.79 Å². The van der Waals surface area contributed by atoms with Gasteiger partial charge in [0.2, 0.25) is 0 Å². The van der Waals surface area contributed by atoms with E-state index in [0.29, 0.717) is 18.7 Å². The minimum absolute atomic E-state index is 0.165. The van der Waals surface area contributed by atoms with Crippen molar-refractivity contribution in [1.82, 2.24) is 16.0 Å². The van der Waals surface area contributed by atoms with Crippen molar-refractivity contribution in [1.29, 1.82) is 0 Å². The number of ether oxygens (including phenoxy) is 2. The number of carbonyl (C=O) groups excluding carboxylic acids is 1. The Kier molecular flexibility index (Phi) is 8.04. The molecule has 0 saturated heterocycles. The lowest BCUT2D eigenvalue weighted by Crippen LogP contribution is -2.48. The Morgan fingerprint density at radius 3 is 2.26 bits per heavy atom. The highest BCUT2D eigenvalue weighted by Gasteiger charge is 2.25. The topological polar surface area (TPSA) is 84.0 Å². The molecule has 31 heavy (non-hydrogen) atoms. The lowest BCUT2D eigenvalue weighted by molar-refractivity contribution is 0.0490. The number of hydrogen-bond acceptors (Lipinski definition) is 4. The van der Waals surface area contributed by atoms with Crippen LogP contribution in [0.2, 0.25) is 0 Å². The van der Waals surface area contributed by atoms with Crippen LogP contribution in [0.5, 0.6) is 5.75 Å². The molecular formula is C24H38N4O3. The molecule has 1 amide bonds. The van der Waals surface area contributed by atoms with E-state index in [0.717, 1.165) is 55.8 Å². The highest BCUT2D eigenvalue weighted by Crippen LogP contribution is 2.27. The molecule has 2 saturated carbocycles. The van der Waals surface area contributed by atoms with Crippen LogP contribution in [0.3, 0.4) is 0 Å². The summed E-state index contributed by atoms with van der Waals surface area (Å²) in [5.41, 5.74) is 0.672. The van der Waals surface area contributed by atoms with Crippen LogP contribution in [0.25, 0.3) is 0 Å². The molecule has 0 aliphatic heterocycles. The van der Waals surface area contributed by atoms with Crippen LogP contribution >= 0.6 is 0 Å². The average molecular weight is 431 g/mol. The summed E-state index contributed by atoms with van der Waals surface area (Å²) in [7, 11) is 1.79. The summed E-state index contributed by atoms with van der Waals surface area (Å²) in [5, 5.41) is 9.94. The number of nitrogens with one attached hydrogen (secondary N) is 3. The first kappa shape index (κ1) is 23.2. The van der Waals surface area contributed by atoms with E-state index in [2.05, 4.69) is 27.0 Å². The second-order valence-corrected chi connectivity index (χ2v) is 9.54. The summed E-state index contributed by atoms with van der Waals surface area (Å²) in [4.78, 5) is 16.4. The van der Waals surface area contributed by atoms with Crippen molar-refractivity contribution < 1.29 is 14.3 Å². The number of guanidine groups is 1. The van der Waals surface area contributed by atoms with Gasteiger partial charge in [0.1, 0.15) is 11.4 Å². The molecule has 3 N–H and O–H groups in total. The van der Waals surface area contributed by atoms with Gasteiger partial charge >= 0.3 is 6.09 Å². The van der Waals surface area contributed by atoms with E-state index in [1.54, 1.807) is 7.05 Å². The van der Waals surface area contributed by atoms with Crippen LogP contribution in [0, 0.1) is 0 Å². The van der Waals surface area contributed by atoms with Crippen molar-refractivity contribution in [2.45, 2.75) is 96.1 Å². The number of nitrogens with zero attached hydrogens (tertiary/aromatic N) is 1. The van der Waals surface area contributed by atoms with E-state index in [-0.39, 0.29) is 12.1 Å². The standard InChI is InChI=1S/C24H38N4O3/c1-24(2,3)31-23(29)28-19-14-12-18(13-15-19)27-22(25-4)26-16-17-8-5-6-11-21(17)30-20-9-7-10-20/h5-6,8,11,18-20H,7,9-10,12-16H2,1-4H3,(H,28,29)(H2,25,26,27). The average Bonchev–Trinajstić information content (AvgIpc) is 2.68. The lowest BCUT2D eigenvalue weighted by atomic mass is 9.91. The van der Waals surface area contributed by atoms with Crippen molar-refractivity contribution in [2.24, 2.45) is 4.99 Å². The molecule has 0 aromatic heterocycles. The third-order valence-corrected chi connectivity index (χ3v) is 5.78. The van der Waals surface area contributed by atoms with E-state index < -0.39 is 5.60 Å². The number of para-hydroxylation sites is 1. The monoisotopic (exact) mass is 430 g/mol. The third kappa shape index (κ3) is 7.64. The van der Waals surface area contributed by atoms with Gasteiger partial charge in [-0.1, -0.05) is 18.2 Å². The van der Waals surface area contributed by atoms with Gasteiger partial charge in [-0.05, 0) is 71.8 Å². The molecule has 0 atom stereocenters. The van der Waals surface area contributed by atoms with Crippen LogP contribution in [-0.4, -0.2) is 42.9 Å². The Hall–Kier alpha value is -2.44. The van der Waals surface area contributed by atoms with Crippen molar-refractivity contribution in [3.63, 3.8) is 0 Å². The van der Waals surface area contributed by atoms with Gasteiger partial charge in [-0.15, -0.1) is 0 Å². The molecule has 0 spiro atoms. The molecule has 7 heteroatoms. The molecule has 3 rings (SSSR count). The summed E-state index contributed by atoms with van der Waals surface area (Å²) in [6.45, 7) is 6.30. The second kappa shape index (κ2) is 10.7. The second-order valence-electron chi connectivity index (χ2n) is 9.54. The van der Waals surface area contributed by atoms with Gasteiger partial charge in [0.25, 0.3) is 0 Å². The number of carbonyl (C=O) groups is 1. The van der Waals surface area contributed by atoms with E-state index in [4.69, 9.17) is 9.47 Å². The van der Waals surface area contributed by atoms with E-state index in [1.165, 1.54) is 6.42 Å². The summed E-state index contributed by atoms with van der Waals surface area (Å²) in [6.07, 6.45) is 7.39. The molecule has 0 radical (unpaired) electrons. The van der Waals surface area contributed by atoms with Crippen molar-refractivity contribution >= 4 is 12.1 Å². The lowest BCUT2D eigenvalue weighted by Gasteiger charge is -2.31. The SMILES string of the molecule is CN=C(NCc1ccccc1OC1CCC1)NC1CCC(NC(=O)OC(C)(C)C)CC1. The van der Waals surface area contributed by atoms with E-state index in [1.807, 2.05) is 39.0 Å². The van der Waals surface area contributed by atoms with Crippen molar-refractivity contribution in [3.8, 4) is 5.75 Å². The fourth-order valence-corrected chi connectivity index (χ4v) is 3.86. The van der Waals surface area contributed by atoms with Gasteiger partial charge in [-0.25, -0.2) is 4.79 Å². The number of aliphatic imine (C=N–C) groups is 1. The molecule has 2 fully saturated rings. The Labute approximate surface area is 186 Å². The minimum atomic E-state index is -0.470. The van der Waals surface area contributed by atoms with Gasteiger partial charge in [-0.2, -0.15) is 0 Å².